The summed E-state index contributed by atoms with van der Waals surface area (Å²) in [5.41, 5.74) is 1.64. The first-order valence-corrected chi connectivity index (χ1v) is 8.59. The summed E-state index contributed by atoms with van der Waals surface area (Å²) < 4.78 is 4.64. The fourth-order valence-corrected chi connectivity index (χ4v) is 2.71. The van der Waals surface area contributed by atoms with Crippen LogP contribution >= 0.6 is 0 Å². The molecule has 2 rings (SSSR count). The number of benzene rings is 2. The predicted molar refractivity (Wildman–Crippen MR) is 98.4 cm³/mol. The topological polar surface area (TPSA) is 101 Å². The van der Waals surface area contributed by atoms with Crippen LogP contribution in [0.15, 0.2) is 48.5 Å². The van der Waals surface area contributed by atoms with E-state index in [1.54, 1.807) is 24.3 Å². The van der Waals surface area contributed by atoms with E-state index in [2.05, 4.69) is 4.74 Å². The highest BCUT2D eigenvalue weighted by Crippen LogP contribution is 2.17. The van der Waals surface area contributed by atoms with E-state index in [-0.39, 0.29) is 24.3 Å². The molecule has 0 atom stereocenters. The van der Waals surface area contributed by atoms with Crippen molar-refractivity contribution in [2.24, 2.45) is 5.92 Å². The zero-order chi connectivity index (χ0) is 19.8. The van der Waals surface area contributed by atoms with Gasteiger partial charge in [-0.2, -0.15) is 0 Å². The third kappa shape index (κ3) is 5.95. The van der Waals surface area contributed by atoms with Gasteiger partial charge in [0.25, 0.3) is 0 Å². The van der Waals surface area contributed by atoms with Gasteiger partial charge in [-0.05, 0) is 48.2 Å². The van der Waals surface area contributed by atoms with Gasteiger partial charge in [0, 0.05) is 12.8 Å². The van der Waals surface area contributed by atoms with E-state index in [1.165, 1.54) is 24.3 Å². The summed E-state index contributed by atoms with van der Waals surface area (Å²) >= 11 is 0. The van der Waals surface area contributed by atoms with Gasteiger partial charge in [0.2, 0.25) is 0 Å². The Morgan fingerprint density at radius 1 is 0.778 bits per heavy atom. The van der Waals surface area contributed by atoms with Crippen LogP contribution in [0.5, 0.6) is 11.5 Å². The molecule has 27 heavy (non-hydrogen) atoms. The molecule has 2 aromatic carbocycles. The summed E-state index contributed by atoms with van der Waals surface area (Å²) in [5, 5.41) is 18.6. The second-order valence-electron chi connectivity index (χ2n) is 6.22. The van der Waals surface area contributed by atoms with Crippen LogP contribution in [0.25, 0.3) is 0 Å². The van der Waals surface area contributed by atoms with Crippen LogP contribution in [0.2, 0.25) is 0 Å². The minimum Gasteiger partial charge on any atom is -0.508 e. The van der Waals surface area contributed by atoms with E-state index < -0.39 is 23.5 Å². The van der Waals surface area contributed by atoms with Crippen molar-refractivity contribution in [3.63, 3.8) is 0 Å². The molecule has 0 spiro atoms. The Bertz CT molecular complexity index is 731. The third-order valence-corrected chi connectivity index (χ3v) is 4.27. The molecule has 2 aromatic rings. The fourth-order valence-electron chi connectivity index (χ4n) is 2.71. The number of carbonyl (C=O) groups excluding carboxylic acids is 3. The number of carbonyl (C=O) groups is 3. The summed E-state index contributed by atoms with van der Waals surface area (Å²) in [6.07, 6.45) is 0.765. The molecule has 6 heteroatoms. The first-order valence-electron chi connectivity index (χ1n) is 8.59. The highest BCUT2D eigenvalue weighted by atomic mass is 16.5. The van der Waals surface area contributed by atoms with Crippen molar-refractivity contribution >= 4 is 17.5 Å². The lowest BCUT2D eigenvalue weighted by Crippen LogP contribution is -2.33. The van der Waals surface area contributed by atoms with Gasteiger partial charge in [-0.15, -0.1) is 0 Å². The monoisotopic (exact) mass is 370 g/mol. The highest BCUT2D eigenvalue weighted by molar-refractivity contribution is 6.17. The summed E-state index contributed by atoms with van der Waals surface area (Å²) in [6, 6.07) is 12.8. The van der Waals surface area contributed by atoms with Gasteiger partial charge in [-0.1, -0.05) is 24.3 Å². The molecule has 0 aliphatic heterocycles. The molecular formula is C21H22O6. The Labute approximate surface area is 157 Å². The minimum atomic E-state index is -1.43. The van der Waals surface area contributed by atoms with Crippen LogP contribution in [0.3, 0.4) is 0 Å². The summed E-state index contributed by atoms with van der Waals surface area (Å²) in [5.74, 6) is -2.98. The zero-order valence-corrected chi connectivity index (χ0v) is 15.1. The van der Waals surface area contributed by atoms with Crippen molar-refractivity contribution in [1.82, 2.24) is 0 Å². The molecule has 0 fully saturated rings. The summed E-state index contributed by atoms with van der Waals surface area (Å²) in [6.45, 7) is 0. The van der Waals surface area contributed by atoms with Crippen LogP contribution < -0.4 is 0 Å². The van der Waals surface area contributed by atoms with Gasteiger partial charge in [0.15, 0.2) is 17.5 Å². The normalized spacial score (nSPS) is 10.6. The molecule has 6 nitrogen and oxygen atoms in total. The number of ketones is 2. The van der Waals surface area contributed by atoms with Gasteiger partial charge in [-0.3, -0.25) is 14.4 Å². The molecule has 0 aliphatic rings. The van der Waals surface area contributed by atoms with Crippen LogP contribution in [0.1, 0.15) is 24.0 Å². The zero-order valence-electron chi connectivity index (χ0n) is 15.1. The summed E-state index contributed by atoms with van der Waals surface area (Å²) in [7, 11) is 1.15. The maximum absolute atomic E-state index is 12.5. The van der Waals surface area contributed by atoms with E-state index in [9.17, 15) is 24.6 Å². The van der Waals surface area contributed by atoms with Gasteiger partial charge < -0.3 is 14.9 Å². The first kappa shape index (κ1) is 20.2. The largest absolute Gasteiger partial charge is 0.508 e. The van der Waals surface area contributed by atoms with Crippen LogP contribution in [0, 0.1) is 5.92 Å². The summed E-state index contributed by atoms with van der Waals surface area (Å²) in [4.78, 5) is 36.9. The molecule has 0 radical (unpaired) electrons. The highest BCUT2D eigenvalue weighted by Gasteiger charge is 2.33. The van der Waals surface area contributed by atoms with Crippen molar-refractivity contribution in [3.05, 3.63) is 59.7 Å². The van der Waals surface area contributed by atoms with E-state index in [0.717, 1.165) is 18.2 Å². The van der Waals surface area contributed by atoms with Crippen LogP contribution in [-0.2, 0) is 32.0 Å². The van der Waals surface area contributed by atoms with E-state index >= 15 is 0 Å². The van der Waals surface area contributed by atoms with E-state index in [1.807, 2.05) is 0 Å². The number of ether oxygens (including phenoxy) is 1. The molecule has 0 amide bonds. The van der Waals surface area contributed by atoms with E-state index in [4.69, 9.17) is 0 Å². The first-order chi connectivity index (χ1) is 12.9. The van der Waals surface area contributed by atoms with Crippen LogP contribution in [0.4, 0.5) is 0 Å². The maximum Gasteiger partial charge on any atom is 0.323 e. The molecule has 0 aliphatic carbocycles. The number of aromatic hydroxyl groups is 2. The Morgan fingerprint density at radius 2 is 1.15 bits per heavy atom. The number of aryl methyl sites for hydroxylation is 2. The van der Waals surface area contributed by atoms with Gasteiger partial charge in [-0.25, -0.2) is 0 Å². The predicted octanol–water partition coefficient (Wildman–Crippen LogP) is 2.59. The smallest absolute Gasteiger partial charge is 0.323 e. The standard InChI is InChI=1S/C21H22O6/c1-27-21(26)20(18(24)12-6-14-2-8-16(22)9-3-14)19(25)13-7-15-4-10-17(23)11-5-15/h2-5,8-11,20,22-23H,6-7,12-13H2,1H3. The molecule has 0 unspecified atom stereocenters. The maximum atomic E-state index is 12.5. The molecule has 0 saturated heterocycles. The van der Waals surface area contributed by atoms with Crippen LogP contribution in [-0.4, -0.2) is 34.9 Å². The molecule has 0 saturated carbocycles. The molecule has 142 valence electrons. The number of hydrogen-bond donors (Lipinski definition) is 2. The lowest BCUT2D eigenvalue weighted by molar-refractivity contribution is -0.153. The minimum absolute atomic E-state index is 0.0233. The van der Waals surface area contributed by atoms with Crippen molar-refractivity contribution in [3.8, 4) is 11.5 Å². The Balaban J connectivity index is 1.98. The van der Waals surface area contributed by atoms with Crippen molar-refractivity contribution in [2.45, 2.75) is 25.7 Å². The number of methoxy groups -OCH3 is 1. The molecule has 0 bridgehead atoms. The average molecular weight is 370 g/mol. The van der Waals surface area contributed by atoms with Gasteiger partial charge >= 0.3 is 5.97 Å². The number of rotatable bonds is 9. The van der Waals surface area contributed by atoms with E-state index in [0.29, 0.717) is 12.8 Å². The number of esters is 1. The SMILES string of the molecule is COC(=O)C(C(=O)CCc1ccc(O)cc1)C(=O)CCc1ccc(O)cc1. The molecule has 2 N–H and O–H groups in total. The van der Waals surface area contributed by atoms with Crippen molar-refractivity contribution in [2.75, 3.05) is 7.11 Å². The molecular weight excluding hydrogens is 348 g/mol. The number of phenols is 2. The van der Waals surface area contributed by atoms with Gasteiger partial charge in [0.05, 0.1) is 7.11 Å². The number of phenolic OH excluding ortho intramolecular Hbond substituents is 2. The Morgan fingerprint density at radius 3 is 1.48 bits per heavy atom. The average Bonchev–Trinajstić information content (AvgIpc) is 2.67. The Kier molecular flexibility index (Phi) is 7.11. The lowest BCUT2D eigenvalue weighted by Gasteiger charge is -2.13. The quantitative estimate of drug-likeness (QED) is 0.520. The lowest BCUT2D eigenvalue weighted by atomic mass is 9.91. The second-order valence-corrected chi connectivity index (χ2v) is 6.22. The van der Waals surface area contributed by atoms with Gasteiger partial charge in [0.1, 0.15) is 11.5 Å². The number of Topliss-reactive ketones (excluding diaryl/α,β-unsaturated/α-hetero) is 2. The third-order valence-electron chi connectivity index (χ3n) is 4.27. The van der Waals surface area contributed by atoms with Crippen molar-refractivity contribution in [1.29, 1.82) is 0 Å². The van der Waals surface area contributed by atoms with Crippen molar-refractivity contribution < 1.29 is 29.3 Å². The fraction of sp³-hybridized carbons (Fsp3) is 0.286. The number of hydrogen-bond acceptors (Lipinski definition) is 6. The Hall–Kier alpha value is -3.15. The molecule has 0 aromatic heterocycles. The second kappa shape index (κ2) is 9.52. The molecule has 0 heterocycles.